The first-order chi connectivity index (χ1) is 17.1. The lowest BCUT2D eigenvalue weighted by molar-refractivity contribution is -0.120. The van der Waals surface area contributed by atoms with E-state index in [2.05, 4.69) is 23.3 Å². The number of hydrogen-bond donors (Lipinski definition) is 1. The van der Waals surface area contributed by atoms with Crippen molar-refractivity contribution in [1.29, 1.82) is 0 Å². The molecule has 1 fully saturated rings. The minimum absolute atomic E-state index is 0.0185. The molecule has 1 aliphatic rings. The summed E-state index contributed by atoms with van der Waals surface area (Å²) in [6.45, 7) is 3.65. The molecular weight excluding hydrogens is 438 g/mol. The first kappa shape index (κ1) is 22.8. The Morgan fingerprint density at radius 2 is 1.89 bits per heavy atom. The van der Waals surface area contributed by atoms with Crippen LogP contribution in [0.1, 0.15) is 30.9 Å². The molecule has 0 radical (unpaired) electrons. The second-order valence-corrected chi connectivity index (χ2v) is 8.99. The molecule has 0 unspecified atom stereocenters. The van der Waals surface area contributed by atoms with Gasteiger partial charge in [-0.25, -0.2) is 9.97 Å². The summed E-state index contributed by atoms with van der Waals surface area (Å²) in [5, 5.41) is 3.07. The number of hydrogen-bond acceptors (Lipinski definition) is 5. The van der Waals surface area contributed by atoms with Crippen molar-refractivity contribution in [3.8, 4) is 0 Å². The van der Waals surface area contributed by atoms with Crippen molar-refractivity contribution in [2.24, 2.45) is 5.92 Å². The fourth-order valence-corrected chi connectivity index (χ4v) is 4.68. The van der Waals surface area contributed by atoms with Crippen LogP contribution in [-0.2, 0) is 17.8 Å². The van der Waals surface area contributed by atoms with E-state index in [-0.39, 0.29) is 17.4 Å². The zero-order valence-corrected chi connectivity index (χ0v) is 19.9. The van der Waals surface area contributed by atoms with Gasteiger partial charge in [0.05, 0.1) is 12.5 Å². The van der Waals surface area contributed by atoms with Gasteiger partial charge >= 0.3 is 0 Å². The number of nitrogens with one attached hydrogen (secondary N) is 1. The number of carbonyl (C=O) groups excluding carboxylic acids is 1. The summed E-state index contributed by atoms with van der Waals surface area (Å²) in [7, 11) is 0. The Kier molecular flexibility index (Phi) is 6.57. The van der Waals surface area contributed by atoms with E-state index >= 15 is 0 Å². The Labute approximate surface area is 204 Å². The number of benzene rings is 2. The average Bonchev–Trinajstić information content (AvgIpc) is 2.91. The lowest BCUT2D eigenvalue weighted by Gasteiger charge is -2.32. The molecule has 7 nitrogen and oxygen atoms in total. The third-order valence-corrected chi connectivity index (χ3v) is 6.56. The molecule has 1 amide bonds. The third kappa shape index (κ3) is 4.94. The number of aryl methyl sites for hydroxylation is 1. The summed E-state index contributed by atoms with van der Waals surface area (Å²) in [6, 6.07) is 21.5. The molecule has 0 spiro atoms. The molecule has 5 rings (SSSR count). The Balaban J connectivity index is 1.43. The van der Waals surface area contributed by atoms with Crippen LogP contribution in [0, 0.1) is 5.92 Å². The van der Waals surface area contributed by atoms with Crippen LogP contribution < -0.4 is 15.8 Å². The van der Waals surface area contributed by atoms with Gasteiger partial charge in [0.25, 0.3) is 5.56 Å². The van der Waals surface area contributed by atoms with Gasteiger partial charge in [0.15, 0.2) is 11.5 Å². The fourth-order valence-electron chi connectivity index (χ4n) is 4.68. The monoisotopic (exact) mass is 467 g/mol. The highest BCUT2D eigenvalue weighted by Gasteiger charge is 2.29. The molecule has 3 heterocycles. The third-order valence-electron chi connectivity index (χ3n) is 6.56. The molecule has 1 aliphatic heterocycles. The number of aromatic nitrogens is 3. The van der Waals surface area contributed by atoms with Gasteiger partial charge in [0.2, 0.25) is 5.91 Å². The van der Waals surface area contributed by atoms with Crippen molar-refractivity contribution < 1.29 is 4.79 Å². The number of carbonyl (C=O) groups is 1. The number of pyridine rings is 1. The summed E-state index contributed by atoms with van der Waals surface area (Å²) >= 11 is 0. The minimum Gasteiger partial charge on any atom is -0.351 e. The molecule has 0 bridgehead atoms. The Morgan fingerprint density at radius 3 is 2.71 bits per heavy atom. The Bertz CT molecular complexity index is 1400. The largest absolute Gasteiger partial charge is 0.351 e. The van der Waals surface area contributed by atoms with Crippen LogP contribution in [0.15, 0.2) is 77.7 Å². The summed E-state index contributed by atoms with van der Waals surface area (Å²) in [6.07, 6.45) is 4.19. The zero-order chi connectivity index (χ0) is 24.2. The lowest BCUT2D eigenvalue weighted by atomic mass is 9.97. The number of anilines is 2. The molecule has 2 aromatic carbocycles. The zero-order valence-electron chi connectivity index (χ0n) is 19.9. The minimum atomic E-state index is -0.220. The summed E-state index contributed by atoms with van der Waals surface area (Å²) in [5.74, 6) is 0.143. The molecule has 2 aromatic heterocycles. The van der Waals surface area contributed by atoms with E-state index in [1.54, 1.807) is 10.8 Å². The van der Waals surface area contributed by atoms with Gasteiger partial charge in [-0.05, 0) is 54.7 Å². The van der Waals surface area contributed by atoms with Crippen molar-refractivity contribution in [2.75, 3.05) is 23.3 Å². The second kappa shape index (κ2) is 10.1. The summed E-state index contributed by atoms with van der Waals surface area (Å²) in [4.78, 5) is 37.9. The van der Waals surface area contributed by atoms with Gasteiger partial charge in [0, 0.05) is 25.0 Å². The van der Waals surface area contributed by atoms with Crippen LogP contribution in [-0.4, -0.2) is 33.5 Å². The van der Waals surface area contributed by atoms with Gasteiger partial charge in [-0.2, -0.15) is 0 Å². The SMILES string of the molecule is CCc1cccc(NC(=O)[C@H]2CCCN(c3nc4cccnc4n(Cc4ccccc4)c3=O)C2)c1. The van der Waals surface area contributed by atoms with Crippen molar-refractivity contribution in [1.82, 2.24) is 14.5 Å². The molecule has 1 N–H and O–H groups in total. The maximum absolute atomic E-state index is 13.6. The number of nitrogens with zero attached hydrogens (tertiary/aromatic N) is 4. The van der Waals surface area contributed by atoms with E-state index in [4.69, 9.17) is 4.98 Å². The molecule has 35 heavy (non-hydrogen) atoms. The quantitative estimate of drug-likeness (QED) is 0.458. The van der Waals surface area contributed by atoms with Crippen LogP contribution in [0.25, 0.3) is 11.2 Å². The number of amides is 1. The Hall–Kier alpha value is -4.00. The smallest absolute Gasteiger partial charge is 0.295 e. The van der Waals surface area contributed by atoms with Gasteiger partial charge in [-0.1, -0.05) is 49.4 Å². The molecule has 178 valence electrons. The standard InChI is InChI=1S/C28H29N5O2/c1-2-20-11-6-13-23(17-20)30-27(34)22-12-8-16-32(19-22)26-28(35)33(18-21-9-4-3-5-10-21)25-24(31-26)14-7-15-29-25/h3-7,9-11,13-15,17,22H,2,8,12,16,18-19H2,1H3,(H,30,34)/t22-/m0/s1. The van der Waals surface area contributed by atoms with E-state index in [1.165, 1.54) is 5.56 Å². The normalized spacial score (nSPS) is 15.8. The lowest BCUT2D eigenvalue weighted by Crippen LogP contribution is -2.44. The van der Waals surface area contributed by atoms with Crippen molar-refractivity contribution in [3.63, 3.8) is 0 Å². The maximum Gasteiger partial charge on any atom is 0.295 e. The molecule has 7 heteroatoms. The topological polar surface area (TPSA) is 80.1 Å². The van der Waals surface area contributed by atoms with Gasteiger partial charge in [-0.15, -0.1) is 0 Å². The first-order valence-corrected chi connectivity index (χ1v) is 12.2. The first-order valence-electron chi connectivity index (χ1n) is 12.2. The van der Waals surface area contributed by atoms with Crippen molar-refractivity contribution in [2.45, 2.75) is 32.7 Å². The average molecular weight is 468 g/mol. The van der Waals surface area contributed by atoms with Crippen LogP contribution in [0.3, 0.4) is 0 Å². The van der Waals surface area contributed by atoms with Gasteiger partial charge < -0.3 is 10.2 Å². The van der Waals surface area contributed by atoms with Crippen LogP contribution >= 0.6 is 0 Å². The molecule has 4 aromatic rings. The van der Waals surface area contributed by atoms with Crippen LogP contribution in [0.4, 0.5) is 11.5 Å². The highest BCUT2D eigenvalue weighted by Crippen LogP contribution is 2.23. The van der Waals surface area contributed by atoms with E-state index in [0.29, 0.717) is 36.6 Å². The highest BCUT2D eigenvalue weighted by atomic mass is 16.2. The number of piperidine rings is 1. The van der Waals surface area contributed by atoms with Gasteiger partial charge in [-0.3, -0.25) is 14.2 Å². The Morgan fingerprint density at radius 1 is 1.06 bits per heavy atom. The molecule has 1 atom stereocenters. The maximum atomic E-state index is 13.6. The predicted molar refractivity (Wildman–Crippen MR) is 139 cm³/mol. The van der Waals surface area contributed by atoms with E-state index < -0.39 is 0 Å². The predicted octanol–water partition coefficient (Wildman–Crippen LogP) is 4.26. The van der Waals surface area contributed by atoms with E-state index in [9.17, 15) is 9.59 Å². The van der Waals surface area contributed by atoms with Crippen LogP contribution in [0.2, 0.25) is 0 Å². The molecule has 1 saturated heterocycles. The summed E-state index contributed by atoms with van der Waals surface area (Å²) in [5.41, 5.74) is 4.06. The highest BCUT2D eigenvalue weighted by molar-refractivity contribution is 5.93. The molecular formula is C28H29N5O2. The second-order valence-electron chi connectivity index (χ2n) is 8.99. The van der Waals surface area contributed by atoms with E-state index in [0.717, 1.165) is 30.5 Å². The van der Waals surface area contributed by atoms with Crippen LogP contribution in [0.5, 0.6) is 0 Å². The fraction of sp³-hybridized carbons (Fsp3) is 0.286. The molecule has 0 aliphatic carbocycles. The number of fused-ring (bicyclic) bond motifs is 1. The number of rotatable bonds is 6. The van der Waals surface area contributed by atoms with Gasteiger partial charge in [0.1, 0.15) is 5.52 Å². The summed E-state index contributed by atoms with van der Waals surface area (Å²) < 4.78 is 1.69. The molecule has 0 saturated carbocycles. The van der Waals surface area contributed by atoms with Crippen molar-refractivity contribution >= 4 is 28.6 Å². The van der Waals surface area contributed by atoms with Crippen molar-refractivity contribution in [3.05, 3.63) is 94.4 Å². The van der Waals surface area contributed by atoms with E-state index in [1.807, 2.05) is 65.6 Å².